The van der Waals surface area contributed by atoms with Gasteiger partial charge in [0, 0.05) is 0 Å². The molecule has 2 unspecified atom stereocenters. The minimum absolute atomic E-state index is 0. The van der Waals surface area contributed by atoms with Gasteiger partial charge in [-0.25, -0.2) is 0 Å². The number of halogens is 2. The van der Waals surface area contributed by atoms with Gasteiger partial charge >= 0.3 is 226 Å². The molecule has 40 heavy (non-hydrogen) atoms. The summed E-state index contributed by atoms with van der Waals surface area (Å²) in [5.41, 5.74) is 15.0. The van der Waals surface area contributed by atoms with Crippen LogP contribution < -0.4 is 24.8 Å². The van der Waals surface area contributed by atoms with Crippen molar-refractivity contribution in [2.24, 2.45) is 0 Å². The van der Waals surface area contributed by atoms with E-state index in [-0.39, 0.29) is 31.5 Å². The van der Waals surface area contributed by atoms with Crippen LogP contribution in [0, 0.1) is 0 Å². The predicted octanol–water partition coefficient (Wildman–Crippen LogP) is 3.81. The summed E-state index contributed by atoms with van der Waals surface area (Å²) in [5.74, 6) is 0. The van der Waals surface area contributed by atoms with Crippen molar-refractivity contribution in [1.82, 2.24) is 0 Å². The molecule has 0 nitrogen and oxygen atoms in total. The molecular formula is C36H39Cl2SiZr. The maximum absolute atomic E-state index is 2.54. The van der Waals surface area contributed by atoms with Crippen LogP contribution in [0.2, 0.25) is 6.04 Å². The molecule has 0 amide bonds. The summed E-state index contributed by atoms with van der Waals surface area (Å²) >= 11 is -1.92. The second-order valence-corrected chi connectivity index (χ2v) is 26.0. The van der Waals surface area contributed by atoms with Crippen molar-refractivity contribution < 1.29 is 45.7 Å². The van der Waals surface area contributed by atoms with E-state index in [0.29, 0.717) is 7.25 Å². The van der Waals surface area contributed by atoms with Crippen LogP contribution in [0.4, 0.5) is 0 Å². The second kappa shape index (κ2) is 14.8. The van der Waals surface area contributed by atoms with Gasteiger partial charge in [-0.2, -0.15) is 0 Å². The van der Waals surface area contributed by atoms with Crippen molar-refractivity contribution >= 4 is 18.8 Å². The smallest absolute Gasteiger partial charge is 1.00 e. The minimum Gasteiger partial charge on any atom is -1.00 e. The Bertz CT molecular complexity index is 1370. The topological polar surface area (TPSA) is 0 Å². The van der Waals surface area contributed by atoms with Gasteiger partial charge in [-0.1, -0.05) is 13.8 Å². The first-order valence-electron chi connectivity index (χ1n) is 14.3. The largest absolute Gasteiger partial charge is 1.00 e. The molecule has 2 atom stereocenters. The Kier molecular flexibility index (Phi) is 12.0. The van der Waals surface area contributed by atoms with E-state index in [1.165, 1.54) is 39.4 Å². The molecule has 0 fully saturated rings. The van der Waals surface area contributed by atoms with Gasteiger partial charge in [-0.15, -0.1) is 0 Å². The molecule has 0 heterocycles. The van der Waals surface area contributed by atoms with Crippen molar-refractivity contribution in [1.29, 1.82) is 0 Å². The molecule has 205 valence electrons. The summed E-state index contributed by atoms with van der Waals surface area (Å²) < 4.78 is 1.41. The number of benzene rings is 4. The molecule has 0 saturated carbocycles. The zero-order valence-corrected chi connectivity index (χ0v) is 29.6. The fraction of sp³-hybridized carbons (Fsp3) is 0.222. The van der Waals surface area contributed by atoms with Crippen LogP contribution in [-0.4, -0.2) is 6.65 Å². The van der Waals surface area contributed by atoms with Gasteiger partial charge in [0.25, 0.3) is 0 Å². The summed E-state index contributed by atoms with van der Waals surface area (Å²) in [6, 6.07) is 37.5. The van der Waals surface area contributed by atoms with Gasteiger partial charge in [0.15, 0.2) is 0 Å². The summed E-state index contributed by atoms with van der Waals surface area (Å²) in [7, 11) is 0. The van der Waals surface area contributed by atoms with Crippen molar-refractivity contribution in [2.45, 2.75) is 47.9 Å². The minimum atomic E-state index is -1.92. The molecule has 4 aromatic carbocycles. The van der Waals surface area contributed by atoms with Gasteiger partial charge < -0.3 is 24.8 Å². The molecule has 2 aliphatic carbocycles. The fourth-order valence-electron chi connectivity index (χ4n) is 6.57. The third-order valence-electron chi connectivity index (χ3n) is 8.01. The van der Waals surface area contributed by atoms with Gasteiger partial charge in [0.1, 0.15) is 0 Å². The van der Waals surface area contributed by atoms with Gasteiger partial charge in [0.05, 0.1) is 0 Å². The molecule has 6 rings (SSSR count). The maximum Gasteiger partial charge on any atom is -1.00 e. The molecular weight excluding hydrogens is 623 g/mol. The van der Waals surface area contributed by atoms with E-state index >= 15 is 0 Å². The molecule has 0 saturated heterocycles. The first kappa shape index (κ1) is 32.6. The molecule has 0 N–H and O–H groups in total. The van der Waals surface area contributed by atoms with Gasteiger partial charge in [0.2, 0.25) is 0 Å². The Morgan fingerprint density at radius 1 is 0.575 bits per heavy atom. The van der Waals surface area contributed by atoms with E-state index in [1.54, 1.807) is 22.3 Å². The summed E-state index contributed by atoms with van der Waals surface area (Å²) in [5, 5.41) is 0. The van der Waals surface area contributed by atoms with Crippen LogP contribution >= 0.6 is 0 Å². The molecule has 2 aliphatic rings. The average molecular weight is 662 g/mol. The number of rotatable bonds is 6. The maximum atomic E-state index is 2.54. The molecule has 0 bridgehead atoms. The first-order chi connectivity index (χ1) is 18.7. The first-order valence-corrected chi connectivity index (χ1v) is 24.0. The summed E-state index contributed by atoms with van der Waals surface area (Å²) in [6.45, 7) is 11.2. The van der Waals surface area contributed by atoms with Crippen molar-refractivity contribution in [3.05, 3.63) is 130 Å². The Hall–Kier alpha value is -1.96. The van der Waals surface area contributed by atoms with E-state index in [9.17, 15) is 0 Å². The van der Waals surface area contributed by atoms with Crippen LogP contribution in [0.15, 0.2) is 108 Å². The molecule has 0 aromatic heterocycles. The Balaban J connectivity index is 0.00000108. The summed E-state index contributed by atoms with van der Waals surface area (Å²) in [6.07, 6.45) is 5.09. The van der Waals surface area contributed by atoms with Crippen LogP contribution in [0.5, 0.6) is 0 Å². The second-order valence-electron chi connectivity index (χ2n) is 10.3. The Morgan fingerprint density at radius 3 is 1.35 bits per heavy atom. The van der Waals surface area contributed by atoms with Crippen molar-refractivity contribution in [3.8, 4) is 22.3 Å². The zero-order valence-electron chi connectivity index (χ0n) is 24.2. The predicted molar refractivity (Wildman–Crippen MR) is 167 cm³/mol. The normalized spacial score (nSPS) is 16.5. The van der Waals surface area contributed by atoms with E-state index < -0.39 is 20.9 Å². The van der Waals surface area contributed by atoms with Crippen LogP contribution in [0.25, 0.3) is 34.4 Å². The third-order valence-corrected chi connectivity index (χ3v) is 29.3. The molecule has 4 heteroatoms. The number of fused-ring (bicyclic) bond motifs is 2. The van der Waals surface area contributed by atoms with Gasteiger partial charge in [-0.05, 0) is 0 Å². The molecule has 0 spiro atoms. The van der Waals surface area contributed by atoms with Crippen molar-refractivity contribution in [3.63, 3.8) is 0 Å². The SMILES string of the molecule is CC.CC[SiH2][Zr+2]([CH]1C(C)=Cc2c(-c3ccccc3)cccc21)[CH]1C(C)=Cc2c(-c3ccccc3)cccc21.[Cl-].[Cl-]. The van der Waals surface area contributed by atoms with E-state index in [0.717, 1.165) is 0 Å². The average Bonchev–Trinajstić information content (AvgIpc) is 3.49. The van der Waals surface area contributed by atoms with Crippen molar-refractivity contribution in [2.75, 3.05) is 0 Å². The Morgan fingerprint density at radius 2 is 0.975 bits per heavy atom. The monoisotopic (exact) mass is 659 g/mol. The standard InChI is InChI=1S/2C16H13.C2H7Si.C2H6.2ClH.Zr/c2*1-12-10-14-8-5-9-15(16(14)11-12)13-6-3-2-4-7-13;1-2-3;1-2;;;/h2*2-11H,1H3;2-3H2,1H3;1-2H3;2*1H;/q;;;;;;+2/p-2. The quantitative estimate of drug-likeness (QED) is 0.276. The van der Waals surface area contributed by atoms with Crippen LogP contribution in [0.3, 0.4) is 0 Å². The number of hydrogen-bond acceptors (Lipinski definition) is 0. The summed E-state index contributed by atoms with van der Waals surface area (Å²) in [4.78, 5) is 0. The van der Waals surface area contributed by atoms with Crippen LogP contribution in [0.1, 0.15) is 64.1 Å². The third kappa shape index (κ3) is 6.12. The molecule has 0 aliphatic heterocycles. The van der Waals surface area contributed by atoms with E-state index in [1.807, 2.05) is 13.8 Å². The van der Waals surface area contributed by atoms with Gasteiger partial charge in [-0.3, -0.25) is 0 Å². The number of allylic oxidation sites excluding steroid dienone is 2. The van der Waals surface area contributed by atoms with Crippen LogP contribution in [-0.2, 0) is 20.9 Å². The number of hydrogen-bond donors (Lipinski definition) is 0. The van der Waals surface area contributed by atoms with E-state index in [4.69, 9.17) is 0 Å². The zero-order chi connectivity index (χ0) is 26.6. The fourth-order valence-corrected chi connectivity index (χ4v) is 30.0. The Labute approximate surface area is 263 Å². The van der Waals surface area contributed by atoms with E-state index in [2.05, 4.69) is 130 Å². The molecule has 0 radical (unpaired) electrons. The molecule has 4 aromatic rings.